The molecule has 0 unspecified atom stereocenters. The topological polar surface area (TPSA) is 77.3 Å². The van der Waals surface area contributed by atoms with E-state index >= 15 is 0 Å². The lowest BCUT2D eigenvalue weighted by molar-refractivity contribution is 0.661. The van der Waals surface area contributed by atoms with E-state index in [-0.39, 0.29) is 10.8 Å². The molecular weight excluding hydrogens is 1160 g/mol. The minimum Gasteiger partial charge on any atom is -0.208 e. The molecule has 4 aromatic heterocycles. The molecule has 18 rings (SSSR count). The highest BCUT2D eigenvalue weighted by atomic mass is 32.1. The van der Waals surface area contributed by atoms with Crippen molar-refractivity contribution in [3.63, 3.8) is 0 Å². The highest BCUT2D eigenvalue weighted by molar-refractivity contribution is 7.26. The van der Waals surface area contributed by atoms with Crippen LogP contribution in [0.4, 0.5) is 0 Å². The molecule has 0 bridgehead atoms. The maximum absolute atomic E-state index is 4.96. The van der Waals surface area contributed by atoms with E-state index in [1.807, 2.05) is 144 Å². The molecule has 6 nitrogen and oxygen atoms in total. The summed E-state index contributed by atoms with van der Waals surface area (Å²) < 4.78 is 5.30. The summed E-state index contributed by atoms with van der Waals surface area (Å²) >= 11 is 3.76. The van der Waals surface area contributed by atoms with Gasteiger partial charge in [-0.05, 0) is 121 Å². The van der Waals surface area contributed by atoms with Gasteiger partial charge in [0.2, 0.25) is 0 Å². The van der Waals surface area contributed by atoms with Gasteiger partial charge in [-0.3, -0.25) is 0 Å². The molecule has 16 aromatic rings. The van der Waals surface area contributed by atoms with E-state index in [9.17, 15) is 0 Å². The molecule has 0 aliphatic heterocycles. The SMILES string of the molecule is CC1(C)c2ccccc2-c2cc3sc4ccc(-c5ccc(-c6nc(-c7ccccc7)nc(-c7ccccc7)n6)cc5)cc4c3cc21.CC1(C)c2ccccc2-c2cc3sc4ccc(-c5cccc(-c6nc(-c7ccccc7)nc(-c7ccccc7)n6)c5)cc4c3cc21. The van der Waals surface area contributed by atoms with Crippen molar-refractivity contribution in [1.29, 1.82) is 0 Å². The molecule has 2 aliphatic rings. The molecule has 2 aliphatic carbocycles. The van der Waals surface area contributed by atoms with Crippen LogP contribution in [-0.4, -0.2) is 29.9 Å². The lowest BCUT2D eigenvalue weighted by Gasteiger charge is -2.21. The quantitative estimate of drug-likeness (QED) is 0.151. The van der Waals surface area contributed by atoms with Crippen molar-refractivity contribution in [3.8, 4) is 113 Å². The van der Waals surface area contributed by atoms with Crippen LogP contribution in [0, 0.1) is 0 Å². The van der Waals surface area contributed by atoms with Gasteiger partial charge in [-0.2, -0.15) is 0 Å². The first-order chi connectivity index (χ1) is 45.1. The summed E-state index contributed by atoms with van der Waals surface area (Å²) in [7, 11) is 0. The zero-order valence-electron chi connectivity index (χ0n) is 51.1. The third-order valence-electron chi connectivity index (χ3n) is 18.7. The van der Waals surface area contributed by atoms with Crippen LogP contribution in [0.5, 0.6) is 0 Å². The molecule has 0 fully saturated rings. The monoisotopic (exact) mass is 1210 g/mol. The second-order valence-corrected chi connectivity index (χ2v) is 27.2. The first kappa shape index (κ1) is 55.2. The first-order valence-corrected chi connectivity index (χ1v) is 32.9. The van der Waals surface area contributed by atoms with E-state index in [4.69, 9.17) is 29.9 Å². The summed E-state index contributed by atoms with van der Waals surface area (Å²) in [4.78, 5) is 29.4. The Bertz CT molecular complexity index is 5450. The molecule has 8 heteroatoms. The normalized spacial score (nSPS) is 13.2. The molecule has 0 spiro atoms. The van der Waals surface area contributed by atoms with Crippen LogP contribution in [0.15, 0.2) is 279 Å². The van der Waals surface area contributed by atoms with Gasteiger partial charge in [-0.15, -0.1) is 22.7 Å². The van der Waals surface area contributed by atoms with Crippen molar-refractivity contribution in [2.75, 3.05) is 0 Å². The van der Waals surface area contributed by atoms with Crippen molar-refractivity contribution in [2.45, 2.75) is 38.5 Å². The predicted octanol–water partition coefficient (Wildman–Crippen LogP) is 22.4. The van der Waals surface area contributed by atoms with Crippen LogP contribution in [0.25, 0.3) is 153 Å². The van der Waals surface area contributed by atoms with E-state index in [1.54, 1.807) is 0 Å². The summed E-state index contributed by atoms with van der Waals surface area (Å²) in [6.07, 6.45) is 0. The van der Waals surface area contributed by atoms with Crippen LogP contribution in [0.1, 0.15) is 49.9 Å². The maximum atomic E-state index is 4.96. The van der Waals surface area contributed by atoms with E-state index in [2.05, 4.69) is 185 Å². The van der Waals surface area contributed by atoms with Crippen molar-refractivity contribution in [2.24, 2.45) is 0 Å². The Morgan fingerprint density at radius 1 is 0.207 bits per heavy atom. The fraction of sp³-hybridized carbons (Fsp3) is 0.0714. The molecule has 0 amide bonds. The van der Waals surface area contributed by atoms with Gasteiger partial charge in [-0.1, -0.05) is 252 Å². The van der Waals surface area contributed by atoms with Crippen LogP contribution >= 0.6 is 22.7 Å². The van der Waals surface area contributed by atoms with Gasteiger partial charge < -0.3 is 0 Å². The zero-order chi connectivity index (χ0) is 61.7. The highest BCUT2D eigenvalue weighted by Crippen LogP contribution is 2.53. The van der Waals surface area contributed by atoms with Crippen molar-refractivity contribution in [1.82, 2.24) is 29.9 Å². The maximum Gasteiger partial charge on any atom is 0.164 e. The second kappa shape index (κ2) is 22.0. The largest absolute Gasteiger partial charge is 0.208 e. The summed E-state index contributed by atoms with van der Waals surface area (Å²) in [6.45, 7) is 9.40. The van der Waals surface area contributed by atoms with Crippen molar-refractivity contribution < 1.29 is 0 Å². The van der Waals surface area contributed by atoms with Crippen LogP contribution < -0.4 is 0 Å². The van der Waals surface area contributed by atoms with Gasteiger partial charge in [0.15, 0.2) is 34.9 Å². The van der Waals surface area contributed by atoms with Gasteiger partial charge in [-0.25, -0.2) is 29.9 Å². The van der Waals surface area contributed by atoms with Gasteiger partial charge in [0, 0.05) is 84.6 Å². The van der Waals surface area contributed by atoms with Gasteiger partial charge in [0.25, 0.3) is 0 Å². The molecular formula is C84H58N6S2. The fourth-order valence-electron chi connectivity index (χ4n) is 13.8. The smallest absolute Gasteiger partial charge is 0.164 e. The van der Waals surface area contributed by atoms with E-state index < -0.39 is 0 Å². The molecule has 0 saturated carbocycles. The van der Waals surface area contributed by atoms with Gasteiger partial charge in [0.1, 0.15) is 0 Å². The predicted molar refractivity (Wildman–Crippen MR) is 384 cm³/mol. The Morgan fingerprint density at radius 2 is 0.500 bits per heavy atom. The molecule has 0 atom stereocenters. The average molecular weight is 1220 g/mol. The highest BCUT2D eigenvalue weighted by Gasteiger charge is 2.37. The third-order valence-corrected chi connectivity index (χ3v) is 20.9. The Hall–Kier alpha value is -10.9. The second-order valence-electron chi connectivity index (χ2n) is 25.0. The number of fused-ring (bicyclic) bond motifs is 12. The number of aromatic nitrogens is 6. The number of rotatable bonds is 8. The number of hydrogen-bond acceptors (Lipinski definition) is 8. The molecule has 4 heterocycles. The van der Waals surface area contributed by atoms with E-state index in [1.165, 1.54) is 102 Å². The van der Waals surface area contributed by atoms with E-state index in [0.717, 1.165) is 38.9 Å². The first-order valence-electron chi connectivity index (χ1n) is 31.2. The molecule has 12 aromatic carbocycles. The molecule has 0 N–H and O–H groups in total. The minimum atomic E-state index is -0.0257. The number of thiophene rings is 2. The van der Waals surface area contributed by atoms with E-state index in [0.29, 0.717) is 34.9 Å². The summed E-state index contributed by atoms with van der Waals surface area (Å²) in [5.74, 6) is 3.99. The molecule has 0 saturated heterocycles. The molecule has 436 valence electrons. The zero-order valence-corrected chi connectivity index (χ0v) is 52.7. The minimum absolute atomic E-state index is 0.0163. The van der Waals surface area contributed by atoms with Crippen LogP contribution in [0.3, 0.4) is 0 Å². The average Bonchev–Trinajstić information content (AvgIpc) is 1.57. The molecule has 0 radical (unpaired) electrons. The van der Waals surface area contributed by atoms with Gasteiger partial charge >= 0.3 is 0 Å². The Morgan fingerprint density at radius 3 is 0.913 bits per heavy atom. The summed E-state index contributed by atoms with van der Waals surface area (Å²) in [6, 6.07) is 98.8. The van der Waals surface area contributed by atoms with Crippen molar-refractivity contribution >= 4 is 63.0 Å². The van der Waals surface area contributed by atoms with Crippen molar-refractivity contribution in [3.05, 3.63) is 301 Å². The molecule has 92 heavy (non-hydrogen) atoms. The number of nitrogens with zero attached hydrogens (tertiary/aromatic N) is 6. The fourth-order valence-corrected chi connectivity index (χ4v) is 16.0. The Balaban J connectivity index is 0.000000141. The number of benzene rings is 12. The summed E-state index contributed by atoms with van der Waals surface area (Å²) in [5, 5.41) is 5.28. The van der Waals surface area contributed by atoms with Crippen LogP contribution in [0.2, 0.25) is 0 Å². The Kier molecular flexibility index (Phi) is 13.2. The summed E-state index contributed by atoms with van der Waals surface area (Å²) in [5.41, 5.74) is 21.5. The lowest BCUT2D eigenvalue weighted by Crippen LogP contribution is -2.14. The van der Waals surface area contributed by atoms with Gasteiger partial charge in [0.05, 0.1) is 0 Å². The van der Waals surface area contributed by atoms with Crippen LogP contribution in [-0.2, 0) is 10.8 Å². The lowest BCUT2D eigenvalue weighted by atomic mass is 9.82. The number of hydrogen-bond donors (Lipinski definition) is 0. The standard InChI is InChI=1S/2C42H29N3S/c1-42(2)35-19-10-9-18-31(35)32-25-38-34(24-36(32)42)33-23-29(20-21-37(33)46-38)28-16-11-17-30(22-28)41-44-39(26-12-5-3-6-13-26)43-40(45-41)27-14-7-4-8-15-27;1-42(2)35-16-10-9-15-31(35)32-25-38-34(24-36(32)42)33-23-30(21-22-37(33)46-38)26-17-19-29(20-18-26)41-44-39(27-11-5-3-6-12-27)43-40(45-41)28-13-7-4-8-14-28/h2*3-25H,1-2H3. The Labute approximate surface area is 542 Å². The third kappa shape index (κ3) is 9.52.